The summed E-state index contributed by atoms with van der Waals surface area (Å²) in [5.74, 6) is 0.0751. The number of likely N-dealkylation sites (N-methyl/N-ethyl adjacent to an activating group) is 1. The minimum Gasteiger partial charge on any atom is -0.324 e. The van der Waals surface area contributed by atoms with Gasteiger partial charge in [-0.3, -0.25) is 9.69 Å². The third-order valence-corrected chi connectivity index (χ3v) is 5.53. The molecule has 1 aliphatic rings. The summed E-state index contributed by atoms with van der Waals surface area (Å²) in [6, 6.07) is 15.3. The maximum absolute atomic E-state index is 12.8. The molecule has 0 radical (unpaired) electrons. The molecule has 2 aromatic rings. The molecule has 0 saturated heterocycles. The summed E-state index contributed by atoms with van der Waals surface area (Å²) in [6.07, 6.45) is 5.31. The minimum absolute atomic E-state index is 0.0751. The summed E-state index contributed by atoms with van der Waals surface area (Å²) in [7, 11) is 2.07. The number of aryl methyl sites for hydroxylation is 3. The first-order valence-electron chi connectivity index (χ1n) is 9.82. The lowest BCUT2D eigenvalue weighted by molar-refractivity contribution is -0.117. The molecule has 1 aliphatic carbocycles. The predicted molar refractivity (Wildman–Crippen MR) is 109 cm³/mol. The molecule has 0 fully saturated rings. The highest BCUT2D eigenvalue weighted by molar-refractivity contribution is 5.93. The van der Waals surface area contributed by atoms with E-state index in [0.29, 0.717) is 12.6 Å². The van der Waals surface area contributed by atoms with Gasteiger partial charge in [-0.05, 0) is 61.4 Å². The molecule has 3 nitrogen and oxygen atoms in total. The van der Waals surface area contributed by atoms with Gasteiger partial charge in [0.05, 0.1) is 6.54 Å². The number of nitrogens with zero attached hydrogens (tertiary/aromatic N) is 1. The molecule has 1 N–H and O–H groups in total. The molecule has 2 aromatic carbocycles. The van der Waals surface area contributed by atoms with E-state index >= 15 is 0 Å². The molecule has 1 atom stereocenters. The second-order valence-electron chi connectivity index (χ2n) is 7.23. The van der Waals surface area contributed by atoms with Crippen molar-refractivity contribution in [3.63, 3.8) is 0 Å². The standard InChI is InChI=1S/C23H30N2O/c1-4-17-11-8-12-18(5-2)23(17)24-22(26)16-25(3)21-15-9-13-19-10-6-7-14-20(19)21/h6-8,10-12,14,21H,4-5,9,13,15-16H2,1-3H3,(H,24,26)/t21-/m1/s1. The van der Waals surface area contributed by atoms with E-state index in [-0.39, 0.29) is 5.91 Å². The molecule has 0 bridgehead atoms. The van der Waals surface area contributed by atoms with Gasteiger partial charge in [0, 0.05) is 11.7 Å². The van der Waals surface area contributed by atoms with Gasteiger partial charge < -0.3 is 5.32 Å². The van der Waals surface area contributed by atoms with Gasteiger partial charge in [0.15, 0.2) is 0 Å². The largest absolute Gasteiger partial charge is 0.324 e. The summed E-state index contributed by atoms with van der Waals surface area (Å²) < 4.78 is 0. The Bertz CT molecular complexity index is 746. The topological polar surface area (TPSA) is 32.3 Å². The number of amides is 1. The minimum atomic E-state index is 0.0751. The van der Waals surface area contributed by atoms with Crippen LogP contribution in [0.4, 0.5) is 5.69 Å². The van der Waals surface area contributed by atoms with Crippen LogP contribution in [-0.4, -0.2) is 24.4 Å². The highest BCUT2D eigenvalue weighted by Crippen LogP contribution is 2.33. The molecular weight excluding hydrogens is 320 g/mol. The monoisotopic (exact) mass is 350 g/mol. The van der Waals surface area contributed by atoms with Crippen molar-refractivity contribution in [2.24, 2.45) is 0 Å². The van der Waals surface area contributed by atoms with Crippen LogP contribution in [0.3, 0.4) is 0 Å². The van der Waals surface area contributed by atoms with Gasteiger partial charge in [0.1, 0.15) is 0 Å². The Morgan fingerprint density at radius 3 is 2.46 bits per heavy atom. The van der Waals surface area contributed by atoms with E-state index in [1.807, 2.05) is 0 Å². The van der Waals surface area contributed by atoms with E-state index < -0.39 is 0 Å². The van der Waals surface area contributed by atoms with Gasteiger partial charge in [0.2, 0.25) is 5.91 Å². The number of carbonyl (C=O) groups is 1. The van der Waals surface area contributed by atoms with Gasteiger partial charge in [-0.2, -0.15) is 0 Å². The summed E-state index contributed by atoms with van der Waals surface area (Å²) >= 11 is 0. The van der Waals surface area contributed by atoms with E-state index in [9.17, 15) is 4.79 Å². The Morgan fingerprint density at radius 2 is 1.77 bits per heavy atom. The Kier molecular flexibility index (Phi) is 6.10. The van der Waals surface area contributed by atoms with Crippen molar-refractivity contribution in [3.8, 4) is 0 Å². The van der Waals surface area contributed by atoms with Crippen LogP contribution in [0.15, 0.2) is 42.5 Å². The smallest absolute Gasteiger partial charge is 0.238 e. The van der Waals surface area contributed by atoms with Gasteiger partial charge in [-0.1, -0.05) is 56.3 Å². The number of nitrogens with one attached hydrogen (secondary N) is 1. The van der Waals surface area contributed by atoms with Crippen molar-refractivity contribution in [2.45, 2.75) is 52.0 Å². The summed E-state index contributed by atoms with van der Waals surface area (Å²) in [5, 5.41) is 3.19. The number of rotatable bonds is 6. The molecule has 26 heavy (non-hydrogen) atoms. The van der Waals surface area contributed by atoms with E-state index in [1.54, 1.807) is 0 Å². The normalized spacial score (nSPS) is 16.4. The molecule has 0 aromatic heterocycles. The van der Waals surface area contributed by atoms with Crippen LogP contribution in [0.2, 0.25) is 0 Å². The summed E-state index contributed by atoms with van der Waals surface area (Å²) in [4.78, 5) is 15.0. The molecule has 0 spiro atoms. The zero-order chi connectivity index (χ0) is 18.5. The highest BCUT2D eigenvalue weighted by atomic mass is 16.2. The zero-order valence-corrected chi connectivity index (χ0v) is 16.2. The quantitative estimate of drug-likeness (QED) is 0.815. The molecule has 0 unspecified atom stereocenters. The van der Waals surface area contributed by atoms with E-state index in [1.165, 1.54) is 28.7 Å². The second-order valence-corrected chi connectivity index (χ2v) is 7.23. The van der Waals surface area contributed by atoms with Crippen molar-refractivity contribution in [3.05, 3.63) is 64.7 Å². The number of carbonyl (C=O) groups excluding carboxylic acids is 1. The number of benzene rings is 2. The molecule has 0 saturated carbocycles. The van der Waals surface area contributed by atoms with Crippen molar-refractivity contribution in [1.82, 2.24) is 4.90 Å². The third kappa shape index (κ3) is 3.99. The molecule has 3 rings (SSSR count). The average Bonchev–Trinajstić information content (AvgIpc) is 2.67. The number of anilines is 1. The number of fused-ring (bicyclic) bond motifs is 1. The van der Waals surface area contributed by atoms with Crippen molar-refractivity contribution in [2.75, 3.05) is 18.9 Å². The second kappa shape index (κ2) is 8.50. The average molecular weight is 351 g/mol. The van der Waals surface area contributed by atoms with Crippen LogP contribution in [0, 0.1) is 0 Å². The molecule has 138 valence electrons. The van der Waals surface area contributed by atoms with Gasteiger partial charge in [-0.15, -0.1) is 0 Å². The van der Waals surface area contributed by atoms with Gasteiger partial charge in [0.25, 0.3) is 0 Å². The Hall–Kier alpha value is -2.13. The first-order chi connectivity index (χ1) is 12.6. The first-order valence-corrected chi connectivity index (χ1v) is 9.82. The lowest BCUT2D eigenvalue weighted by atomic mass is 9.87. The number of para-hydroxylation sites is 1. The number of hydrogen-bond donors (Lipinski definition) is 1. The third-order valence-electron chi connectivity index (χ3n) is 5.53. The van der Waals surface area contributed by atoms with Crippen molar-refractivity contribution in [1.29, 1.82) is 0 Å². The zero-order valence-electron chi connectivity index (χ0n) is 16.2. The van der Waals surface area contributed by atoms with Crippen molar-refractivity contribution < 1.29 is 4.79 Å². The van der Waals surface area contributed by atoms with Gasteiger partial charge in [-0.25, -0.2) is 0 Å². The highest BCUT2D eigenvalue weighted by Gasteiger charge is 2.24. The fraction of sp³-hybridized carbons (Fsp3) is 0.435. The van der Waals surface area contributed by atoms with Crippen LogP contribution >= 0.6 is 0 Å². The van der Waals surface area contributed by atoms with Gasteiger partial charge >= 0.3 is 0 Å². The Balaban J connectivity index is 1.72. The fourth-order valence-corrected chi connectivity index (χ4v) is 4.10. The maximum Gasteiger partial charge on any atom is 0.238 e. The van der Waals surface area contributed by atoms with Crippen LogP contribution in [0.25, 0.3) is 0 Å². The van der Waals surface area contributed by atoms with Crippen LogP contribution in [0.1, 0.15) is 55.0 Å². The molecular formula is C23H30N2O. The van der Waals surface area contributed by atoms with Crippen LogP contribution in [-0.2, 0) is 24.1 Å². The Morgan fingerprint density at radius 1 is 1.08 bits per heavy atom. The lowest BCUT2D eigenvalue weighted by Gasteiger charge is -2.33. The fourth-order valence-electron chi connectivity index (χ4n) is 4.10. The first kappa shape index (κ1) is 18.7. The van der Waals surface area contributed by atoms with E-state index in [4.69, 9.17) is 0 Å². The van der Waals surface area contributed by atoms with E-state index in [0.717, 1.165) is 31.4 Å². The van der Waals surface area contributed by atoms with E-state index in [2.05, 4.69) is 73.6 Å². The summed E-state index contributed by atoms with van der Waals surface area (Å²) in [5.41, 5.74) is 6.25. The Labute approximate surface area is 157 Å². The van der Waals surface area contributed by atoms with Crippen molar-refractivity contribution >= 4 is 11.6 Å². The molecule has 0 heterocycles. The van der Waals surface area contributed by atoms with Crippen LogP contribution < -0.4 is 5.32 Å². The van der Waals surface area contributed by atoms with Crippen LogP contribution in [0.5, 0.6) is 0 Å². The SMILES string of the molecule is CCc1cccc(CC)c1NC(=O)CN(C)[C@@H]1CCCc2ccccc21. The molecule has 3 heteroatoms. The molecule has 0 aliphatic heterocycles. The molecule has 1 amide bonds. The maximum atomic E-state index is 12.8. The summed E-state index contributed by atoms with van der Waals surface area (Å²) in [6.45, 7) is 4.69. The number of hydrogen-bond acceptors (Lipinski definition) is 2. The lowest BCUT2D eigenvalue weighted by Crippen LogP contribution is -2.35. The predicted octanol–water partition coefficient (Wildman–Crippen LogP) is 4.76.